The molecule has 0 spiro atoms. The summed E-state index contributed by atoms with van der Waals surface area (Å²) < 4.78 is 18.0. The van der Waals surface area contributed by atoms with Gasteiger partial charge in [-0.15, -0.1) is 0 Å². The molecule has 0 amide bonds. The van der Waals surface area contributed by atoms with E-state index in [4.69, 9.17) is 4.74 Å². The number of rotatable bonds is 2. The minimum atomic E-state index is -0.360. The molecule has 0 aliphatic carbocycles. The van der Waals surface area contributed by atoms with Crippen LogP contribution < -0.4 is 9.64 Å². The molecule has 1 aliphatic heterocycles. The number of aliphatic hydroxyl groups excluding tert-OH is 1. The standard InChI is InChI=1S/C11H14FNO2/c1-15-11-6-8(2-3-10(11)12)13-5-4-9(14)7-13/h2-3,6,9,14H,4-5,7H2,1H3. The molecule has 1 N–H and O–H groups in total. The van der Waals surface area contributed by atoms with Crippen molar-refractivity contribution in [1.82, 2.24) is 0 Å². The van der Waals surface area contributed by atoms with E-state index in [2.05, 4.69) is 0 Å². The Hall–Kier alpha value is -1.29. The van der Waals surface area contributed by atoms with Crippen LogP contribution in [0.3, 0.4) is 0 Å². The van der Waals surface area contributed by atoms with E-state index in [1.165, 1.54) is 13.2 Å². The Morgan fingerprint density at radius 1 is 1.53 bits per heavy atom. The van der Waals surface area contributed by atoms with Crippen LogP contribution in [0.2, 0.25) is 0 Å². The monoisotopic (exact) mass is 211 g/mol. The maximum Gasteiger partial charge on any atom is 0.165 e. The molecule has 1 aliphatic rings. The number of β-amino-alcohol motifs (C(OH)–C–C–N with tert-alkyl or cyclic N) is 1. The number of aliphatic hydroxyl groups is 1. The first kappa shape index (κ1) is 10.2. The highest BCUT2D eigenvalue weighted by molar-refractivity contribution is 5.52. The van der Waals surface area contributed by atoms with Gasteiger partial charge >= 0.3 is 0 Å². The van der Waals surface area contributed by atoms with Crippen LogP contribution in [-0.2, 0) is 0 Å². The van der Waals surface area contributed by atoms with Gasteiger partial charge in [0, 0.05) is 24.8 Å². The maximum atomic E-state index is 13.1. The van der Waals surface area contributed by atoms with Crippen LogP contribution >= 0.6 is 0 Å². The maximum absolute atomic E-state index is 13.1. The molecule has 1 atom stereocenters. The Morgan fingerprint density at radius 3 is 2.93 bits per heavy atom. The molecular weight excluding hydrogens is 197 g/mol. The average molecular weight is 211 g/mol. The second-order valence-corrected chi connectivity index (χ2v) is 3.71. The number of benzene rings is 1. The van der Waals surface area contributed by atoms with Gasteiger partial charge in [0.05, 0.1) is 13.2 Å². The number of methoxy groups -OCH3 is 1. The zero-order chi connectivity index (χ0) is 10.8. The molecule has 2 rings (SSSR count). The lowest BCUT2D eigenvalue weighted by Crippen LogP contribution is -2.21. The number of ether oxygens (including phenoxy) is 1. The molecule has 1 saturated heterocycles. The molecule has 0 aromatic heterocycles. The summed E-state index contributed by atoms with van der Waals surface area (Å²) in [6.45, 7) is 1.41. The van der Waals surface area contributed by atoms with Crippen molar-refractivity contribution in [1.29, 1.82) is 0 Å². The number of nitrogens with zero attached hydrogens (tertiary/aromatic N) is 1. The molecule has 3 nitrogen and oxygen atoms in total. The van der Waals surface area contributed by atoms with Crippen LogP contribution in [0.15, 0.2) is 18.2 Å². The molecule has 1 aromatic rings. The van der Waals surface area contributed by atoms with Crippen LogP contribution in [0.25, 0.3) is 0 Å². The highest BCUT2D eigenvalue weighted by Crippen LogP contribution is 2.26. The SMILES string of the molecule is COc1cc(N2CCC(O)C2)ccc1F. The number of hydrogen-bond acceptors (Lipinski definition) is 3. The third-order valence-electron chi connectivity index (χ3n) is 2.66. The van der Waals surface area contributed by atoms with Gasteiger partial charge in [0.2, 0.25) is 0 Å². The molecule has 1 aromatic carbocycles. The van der Waals surface area contributed by atoms with Gasteiger partial charge in [-0.3, -0.25) is 0 Å². The minimum Gasteiger partial charge on any atom is -0.494 e. The zero-order valence-electron chi connectivity index (χ0n) is 8.61. The fourth-order valence-electron chi connectivity index (χ4n) is 1.82. The van der Waals surface area contributed by atoms with Gasteiger partial charge in [-0.2, -0.15) is 0 Å². The second kappa shape index (κ2) is 4.06. The van der Waals surface area contributed by atoms with Crippen molar-refractivity contribution in [3.8, 4) is 5.75 Å². The zero-order valence-corrected chi connectivity index (χ0v) is 8.61. The van der Waals surface area contributed by atoms with Crippen molar-refractivity contribution in [2.45, 2.75) is 12.5 Å². The largest absolute Gasteiger partial charge is 0.494 e. The Labute approximate surface area is 88.1 Å². The predicted octanol–water partition coefficient (Wildman–Crippen LogP) is 1.41. The normalized spacial score (nSPS) is 20.7. The van der Waals surface area contributed by atoms with Crippen LogP contribution in [0, 0.1) is 5.82 Å². The summed E-state index contributed by atoms with van der Waals surface area (Å²) in [5, 5.41) is 9.40. The van der Waals surface area contributed by atoms with E-state index >= 15 is 0 Å². The lowest BCUT2D eigenvalue weighted by molar-refractivity contribution is 0.198. The number of anilines is 1. The Bertz CT molecular complexity index is 356. The van der Waals surface area contributed by atoms with Crippen LogP contribution in [0.4, 0.5) is 10.1 Å². The predicted molar refractivity (Wildman–Crippen MR) is 55.8 cm³/mol. The highest BCUT2D eigenvalue weighted by Gasteiger charge is 2.21. The van der Waals surface area contributed by atoms with Crippen molar-refractivity contribution in [3.63, 3.8) is 0 Å². The van der Waals surface area contributed by atoms with Gasteiger partial charge in [0.1, 0.15) is 0 Å². The summed E-state index contributed by atoms with van der Waals surface area (Å²) in [6, 6.07) is 4.75. The number of hydrogen-bond donors (Lipinski definition) is 1. The fraction of sp³-hybridized carbons (Fsp3) is 0.455. The van der Waals surface area contributed by atoms with Gasteiger partial charge < -0.3 is 14.7 Å². The molecule has 1 fully saturated rings. The molecule has 1 unspecified atom stereocenters. The lowest BCUT2D eigenvalue weighted by Gasteiger charge is -2.18. The first-order valence-electron chi connectivity index (χ1n) is 4.97. The van der Waals surface area contributed by atoms with Gasteiger partial charge in [-0.1, -0.05) is 0 Å². The van der Waals surface area contributed by atoms with Crippen LogP contribution in [-0.4, -0.2) is 31.4 Å². The van der Waals surface area contributed by atoms with Crippen molar-refractivity contribution >= 4 is 5.69 Å². The Balaban J connectivity index is 2.21. The Morgan fingerprint density at radius 2 is 2.33 bits per heavy atom. The molecule has 82 valence electrons. The third-order valence-corrected chi connectivity index (χ3v) is 2.66. The van der Waals surface area contributed by atoms with Gasteiger partial charge in [-0.05, 0) is 18.6 Å². The van der Waals surface area contributed by atoms with Crippen LogP contribution in [0.5, 0.6) is 5.75 Å². The van der Waals surface area contributed by atoms with E-state index in [1.807, 2.05) is 4.90 Å². The Kier molecular flexibility index (Phi) is 2.77. The number of halogens is 1. The third kappa shape index (κ3) is 2.04. The molecular formula is C11H14FNO2. The van der Waals surface area contributed by atoms with Crippen molar-refractivity contribution in [2.75, 3.05) is 25.1 Å². The van der Waals surface area contributed by atoms with E-state index in [0.717, 1.165) is 18.7 Å². The van der Waals surface area contributed by atoms with E-state index < -0.39 is 0 Å². The lowest BCUT2D eigenvalue weighted by atomic mass is 10.2. The summed E-state index contributed by atoms with van der Waals surface area (Å²) in [4.78, 5) is 2.02. The van der Waals surface area contributed by atoms with Crippen molar-refractivity contribution < 1.29 is 14.2 Å². The molecule has 0 radical (unpaired) electrons. The summed E-state index contributed by atoms with van der Waals surface area (Å²) in [5.41, 5.74) is 0.893. The van der Waals surface area contributed by atoms with Crippen molar-refractivity contribution in [2.24, 2.45) is 0 Å². The summed E-state index contributed by atoms with van der Waals surface area (Å²) in [5.74, 6) is -0.116. The van der Waals surface area contributed by atoms with Gasteiger partial charge in [-0.25, -0.2) is 4.39 Å². The van der Waals surface area contributed by atoms with E-state index in [9.17, 15) is 9.50 Å². The van der Waals surface area contributed by atoms with Crippen LogP contribution in [0.1, 0.15) is 6.42 Å². The topological polar surface area (TPSA) is 32.7 Å². The molecule has 4 heteroatoms. The smallest absolute Gasteiger partial charge is 0.165 e. The second-order valence-electron chi connectivity index (χ2n) is 3.71. The van der Waals surface area contributed by atoms with Gasteiger partial charge in [0.25, 0.3) is 0 Å². The van der Waals surface area contributed by atoms with E-state index in [0.29, 0.717) is 6.54 Å². The summed E-state index contributed by atoms with van der Waals surface area (Å²) >= 11 is 0. The van der Waals surface area contributed by atoms with Crippen molar-refractivity contribution in [3.05, 3.63) is 24.0 Å². The molecule has 15 heavy (non-hydrogen) atoms. The molecule has 0 saturated carbocycles. The first-order valence-corrected chi connectivity index (χ1v) is 4.97. The fourth-order valence-corrected chi connectivity index (χ4v) is 1.82. The highest BCUT2D eigenvalue weighted by atomic mass is 19.1. The molecule has 1 heterocycles. The quantitative estimate of drug-likeness (QED) is 0.802. The summed E-state index contributed by atoms with van der Waals surface area (Å²) in [7, 11) is 1.45. The summed E-state index contributed by atoms with van der Waals surface area (Å²) in [6.07, 6.45) is 0.487. The minimum absolute atomic E-state index is 0.244. The van der Waals surface area contributed by atoms with E-state index in [1.54, 1.807) is 12.1 Å². The first-order chi connectivity index (χ1) is 7.20. The molecule has 0 bridgehead atoms. The van der Waals surface area contributed by atoms with Gasteiger partial charge in [0.15, 0.2) is 11.6 Å². The average Bonchev–Trinajstić information content (AvgIpc) is 2.66. The van der Waals surface area contributed by atoms with E-state index in [-0.39, 0.29) is 17.7 Å².